The first-order chi connectivity index (χ1) is 17.6. The highest BCUT2D eigenvalue weighted by atomic mass is 16.4. The molecule has 1 heterocycles. The largest absolute Gasteiger partial charge is 0.480 e. The molecule has 11 heteroatoms. The van der Waals surface area contributed by atoms with E-state index in [9.17, 15) is 24.0 Å². The molecule has 37 heavy (non-hydrogen) atoms. The van der Waals surface area contributed by atoms with Crippen LogP contribution in [0.15, 0.2) is 59.2 Å². The Labute approximate surface area is 214 Å². The molecule has 0 aliphatic rings. The minimum atomic E-state index is -1.21. The first kappa shape index (κ1) is 28.8. The number of carbonyl (C=O) groups is 5. The molecular formula is C26H32N4O7. The molecule has 2 atom stereocenters. The van der Waals surface area contributed by atoms with E-state index >= 15 is 0 Å². The van der Waals surface area contributed by atoms with Crippen molar-refractivity contribution in [3.05, 3.63) is 66.1 Å². The zero-order valence-corrected chi connectivity index (χ0v) is 20.7. The van der Waals surface area contributed by atoms with Gasteiger partial charge in [0.1, 0.15) is 24.4 Å². The predicted molar refractivity (Wildman–Crippen MR) is 135 cm³/mol. The van der Waals surface area contributed by atoms with Crippen molar-refractivity contribution in [2.45, 2.75) is 38.8 Å². The standard InChI is InChI=1S/C26H32N4O7/c1-17(2)13-20(25(35)28-16-24(33)34)30-26(36)21(14-18-7-4-3-5-8-18)29-23(32)15-27-22(31)11-10-19-9-6-12-37-19/h3-12,17,20-21H,13-16H2,1-2H3,(H,27,31)(H,28,35)(H,29,32)(H,30,36)(H,33,34)/t20-,21-/m0/s1. The van der Waals surface area contributed by atoms with Crippen LogP contribution >= 0.6 is 0 Å². The van der Waals surface area contributed by atoms with E-state index in [1.54, 1.807) is 36.4 Å². The molecule has 0 fully saturated rings. The van der Waals surface area contributed by atoms with E-state index in [2.05, 4.69) is 21.3 Å². The lowest BCUT2D eigenvalue weighted by molar-refractivity contribution is -0.138. The molecule has 1 aromatic heterocycles. The number of hydrogen-bond donors (Lipinski definition) is 5. The van der Waals surface area contributed by atoms with Gasteiger partial charge in [-0.3, -0.25) is 24.0 Å². The summed E-state index contributed by atoms with van der Waals surface area (Å²) in [7, 11) is 0. The lowest BCUT2D eigenvalue weighted by atomic mass is 10.0. The Kier molecular flexibility index (Phi) is 11.6. The maximum Gasteiger partial charge on any atom is 0.322 e. The van der Waals surface area contributed by atoms with Gasteiger partial charge in [-0.05, 0) is 36.1 Å². The van der Waals surface area contributed by atoms with Gasteiger partial charge in [-0.1, -0.05) is 44.2 Å². The van der Waals surface area contributed by atoms with Gasteiger partial charge in [0.15, 0.2) is 0 Å². The predicted octanol–water partition coefficient (Wildman–Crippen LogP) is 0.868. The molecule has 198 valence electrons. The van der Waals surface area contributed by atoms with Crippen LogP contribution in [0, 0.1) is 5.92 Å². The Morgan fingerprint density at radius 3 is 2.24 bits per heavy atom. The second-order valence-corrected chi connectivity index (χ2v) is 8.68. The average molecular weight is 513 g/mol. The Hall–Kier alpha value is -4.41. The van der Waals surface area contributed by atoms with Gasteiger partial charge in [0.2, 0.25) is 23.6 Å². The first-order valence-electron chi connectivity index (χ1n) is 11.8. The molecule has 0 aliphatic heterocycles. The Bertz CT molecular complexity index is 1080. The molecule has 0 unspecified atom stereocenters. The van der Waals surface area contributed by atoms with Crippen molar-refractivity contribution >= 4 is 35.7 Å². The third-order valence-electron chi connectivity index (χ3n) is 5.05. The van der Waals surface area contributed by atoms with Crippen LogP contribution in [0.2, 0.25) is 0 Å². The van der Waals surface area contributed by atoms with E-state index in [1.165, 1.54) is 18.4 Å². The molecule has 2 rings (SSSR count). The Balaban J connectivity index is 2.05. The van der Waals surface area contributed by atoms with E-state index in [0.29, 0.717) is 5.76 Å². The number of carboxylic acids is 1. The monoisotopic (exact) mass is 512 g/mol. The van der Waals surface area contributed by atoms with E-state index < -0.39 is 48.2 Å². The number of benzene rings is 1. The molecule has 11 nitrogen and oxygen atoms in total. The molecule has 2 aromatic rings. The van der Waals surface area contributed by atoms with E-state index in [4.69, 9.17) is 9.52 Å². The van der Waals surface area contributed by atoms with Crippen molar-refractivity contribution in [1.82, 2.24) is 21.3 Å². The molecule has 0 aliphatic carbocycles. The summed E-state index contributed by atoms with van der Waals surface area (Å²) in [5.41, 5.74) is 0.768. The molecule has 0 bridgehead atoms. The third kappa shape index (κ3) is 11.2. The lowest BCUT2D eigenvalue weighted by Crippen LogP contribution is -2.56. The molecular weight excluding hydrogens is 480 g/mol. The summed E-state index contributed by atoms with van der Waals surface area (Å²) in [6, 6.07) is 10.3. The second-order valence-electron chi connectivity index (χ2n) is 8.68. The van der Waals surface area contributed by atoms with Crippen molar-refractivity contribution in [2.24, 2.45) is 5.92 Å². The van der Waals surface area contributed by atoms with Crippen LogP contribution in [-0.4, -0.2) is 59.9 Å². The quantitative estimate of drug-likeness (QED) is 0.234. The lowest BCUT2D eigenvalue weighted by Gasteiger charge is -2.24. The maximum absolute atomic E-state index is 13.2. The van der Waals surface area contributed by atoms with E-state index in [1.807, 2.05) is 19.9 Å². The minimum Gasteiger partial charge on any atom is -0.480 e. The van der Waals surface area contributed by atoms with Crippen LogP contribution in [0.3, 0.4) is 0 Å². The SMILES string of the molecule is CC(C)C[C@H](NC(=O)[C@H](Cc1ccccc1)NC(=O)CNC(=O)C=Cc1ccco1)C(=O)NCC(=O)O. The number of amides is 4. The average Bonchev–Trinajstić information content (AvgIpc) is 3.38. The second kappa shape index (κ2) is 14.9. The van der Waals surface area contributed by atoms with E-state index in [0.717, 1.165) is 5.56 Å². The molecule has 0 radical (unpaired) electrons. The summed E-state index contributed by atoms with van der Waals surface area (Å²) in [4.78, 5) is 61.1. The summed E-state index contributed by atoms with van der Waals surface area (Å²) < 4.78 is 5.10. The summed E-state index contributed by atoms with van der Waals surface area (Å²) >= 11 is 0. The number of hydrogen-bond acceptors (Lipinski definition) is 6. The fourth-order valence-electron chi connectivity index (χ4n) is 3.34. The van der Waals surface area contributed by atoms with Gasteiger partial charge in [-0.2, -0.15) is 0 Å². The summed E-state index contributed by atoms with van der Waals surface area (Å²) in [6.07, 6.45) is 4.53. The highest BCUT2D eigenvalue weighted by molar-refractivity contribution is 5.96. The summed E-state index contributed by atoms with van der Waals surface area (Å²) in [6.45, 7) is 2.75. The van der Waals surface area contributed by atoms with Crippen LogP contribution in [0.1, 0.15) is 31.6 Å². The van der Waals surface area contributed by atoms with Gasteiger partial charge in [-0.15, -0.1) is 0 Å². The number of carbonyl (C=O) groups excluding carboxylic acids is 4. The fraction of sp³-hybridized carbons (Fsp3) is 0.346. The van der Waals surface area contributed by atoms with Crippen molar-refractivity contribution in [3.8, 4) is 0 Å². The van der Waals surface area contributed by atoms with Crippen molar-refractivity contribution in [3.63, 3.8) is 0 Å². The van der Waals surface area contributed by atoms with Crippen LogP contribution in [0.4, 0.5) is 0 Å². The third-order valence-corrected chi connectivity index (χ3v) is 5.05. The van der Waals surface area contributed by atoms with Crippen molar-refractivity contribution in [2.75, 3.05) is 13.1 Å². The van der Waals surface area contributed by atoms with Gasteiger partial charge in [-0.25, -0.2) is 0 Å². The number of rotatable bonds is 14. The van der Waals surface area contributed by atoms with E-state index in [-0.39, 0.29) is 25.3 Å². The zero-order valence-electron chi connectivity index (χ0n) is 20.7. The zero-order chi connectivity index (χ0) is 27.2. The number of aliphatic carboxylic acids is 1. The maximum atomic E-state index is 13.2. The molecule has 0 saturated carbocycles. The highest BCUT2D eigenvalue weighted by Crippen LogP contribution is 2.08. The van der Waals surface area contributed by atoms with Crippen LogP contribution in [0.5, 0.6) is 0 Å². The summed E-state index contributed by atoms with van der Waals surface area (Å²) in [5, 5.41) is 18.8. The number of furan rings is 1. The molecule has 4 amide bonds. The smallest absolute Gasteiger partial charge is 0.322 e. The van der Waals surface area contributed by atoms with Crippen LogP contribution in [0.25, 0.3) is 6.08 Å². The normalized spacial score (nSPS) is 12.5. The van der Waals surface area contributed by atoms with Gasteiger partial charge >= 0.3 is 5.97 Å². The first-order valence-corrected chi connectivity index (χ1v) is 11.8. The Morgan fingerprint density at radius 2 is 1.62 bits per heavy atom. The summed E-state index contributed by atoms with van der Waals surface area (Å²) in [5.74, 6) is -3.09. The van der Waals surface area contributed by atoms with Gasteiger partial charge < -0.3 is 30.8 Å². The highest BCUT2D eigenvalue weighted by Gasteiger charge is 2.28. The van der Waals surface area contributed by atoms with Crippen LogP contribution in [-0.2, 0) is 30.4 Å². The minimum absolute atomic E-state index is 0.0208. The van der Waals surface area contributed by atoms with Gasteiger partial charge in [0, 0.05) is 12.5 Å². The molecule has 0 spiro atoms. The van der Waals surface area contributed by atoms with Gasteiger partial charge in [0.25, 0.3) is 0 Å². The number of carboxylic acid groups (broad SMARTS) is 1. The van der Waals surface area contributed by atoms with Crippen LogP contribution < -0.4 is 21.3 Å². The topological polar surface area (TPSA) is 167 Å². The molecule has 0 saturated heterocycles. The number of nitrogens with one attached hydrogen (secondary N) is 4. The molecule has 5 N–H and O–H groups in total. The Morgan fingerprint density at radius 1 is 0.892 bits per heavy atom. The fourth-order valence-corrected chi connectivity index (χ4v) is 3.34. The van der Waals surface area contributed by atoms with Crippen molar-refractivity contribution in [1.29, 1.82) is 0 Å². The molecule has 1 aromatic carbocycles. The van der Waals surface area contributed by atoms with Gasteiger partial charge in [0.05, 0.1) is 12.8 Å². The van der Waals surface area contributed by atoms with Crippen molar-refractivity contribution < 1.29 is 33.5 Å².